The number of ketones is 1. The molecule has 1 nitrogen and oxygen atoms in total. The number of hydrogen-bond donors (Lipinski definition) is 0. The molecule has 2 aromatic carbocycles. The maximum atomic E-state index is 13.4. The summed E-state index contributed by atoms with van der Waals surface area (Å²) < 4.78 is 40.9. The minimum absolute atomic E-state index is 0.0552. The van der Waals surface area contributed by atoms with Gasteiger partial charge >= 0.3 is 6.18 Å². The number of aryl methyl sites for hydroxylation is 1. The highest BCUT2D eigenvalue weighted by atomic mass is 79.9. The molecule has 2 aromatic rings. The van der Waals surface area contributed by atoms with Crippen LogP contribution in [-0.2, 0) is 0 Å². The molecule has 0 aromatic heterocycles. The monoisotopic (exact) mass is 436 g/mol. The molecule has 0 spiro atoms. The van der Waals surface area contributed by atoms with Crippen LogP contribution < -0.4 is 0 Å². The third-order valence-corrected chi connectivity index (χ3v) is 4.52. The van der Waals surface area contributed by atoms with Gasteiger partial charge in [0, 0.05) is 20.1 Å². The number of carbonyl (C=O) groups excluding carboxylic acids is 1. The van der Waals surface area contributed by atoms with Crippen LogP contribution in [0.4, 0.5) is 13.2 Å². The highest BCUT2D eigenvalue weighted by Crippen LogP contribution is 2.36. The van der Waals surface area contributed by atoms with Crippen LogP contribution in [0.15, 0.2) is 46.9 Å². The fourth-order valence-electron chi connectivity index (χ4n) is 2.05. The predicted molar refractivity (Wildman–Crippen MR) is 93.7 cm³/mol. The van der Waals surface area contributed by atoms with Crippen molar-refractivity contribution in [2.75, 3.05) is 0 Å². The molecule has 0 aliphatic heterocycles. The van der Waals surface area contributed by atoms with E-state index in [9.17, 15) is 18.0 Å². The van der Waals surface area contributed by atoms with Gasteiger partial charge in [0.2, 0.25) is 0 Å². The van der Waals surface area contributed by atoms with Crippen LogP contribution in [0.2, 0.25) is 10.0 Å². The van der Waals surface area contributed by atoms with Gasteiger partial charge in [0.05, 0.1) is 5.57 Å². The van der Waals surface area contributed by atoms with E-state index in [2.05, 4.69) is 15.9 Å². The number of allylic oxidation sites excluding steroid dienone is 2. The molecule has 126 valence electrons. The predicted octanol–water partition coefficient (Wildman–Crippen LogP) is 6.89. The Morgan fingerprint density at radius 3 is 2.12 bits per heavy atom. The van der Waals surface area contributed by atoms with Crippen LogP contribution >= 0.6 is 39.1 Å². The fourth-order valence-corrected chi connectivity index (χ4v) is 2.82. The van der Waals surface area contributed by atoms with Gasteiger partial charge in [-0.05, 0) is 60.5 Å². The van der Waals surface area contributed by atoms with E-state index in [-0.39, 0.29) is 21.2 Å². The molecule has 24 heavy (non-hydrogen) atoms. The lowest BCUT2D eigenvalue weighted by Crippen LogP contribution is -2.13. The molecule has 0 fully saturated rings. The highest BCUT2D eigenvalue weighted by molar-refractivity contribution is 9.10. The summed E-state index contributed by atoms with van der Waals surface area (Å²) in [5.74, 6) is -0.756. The normalized spacial score (nSPS) is 12.4. The van der Waals surface area contributed by atoms with Gasteiger partial charge < -0.3 is 0 Å². The van der Waals surface area contributed by atoms with Crippen molar-refractivity contribution in [1.29, 1.82) is 0 Å². The Hall–Kier alpha value is -1.30. The molecule has 0 aliphatic carbocycles. The zero-order valence-corrected chi connectivity index (χ0v) is 15.3. The van der Waals surface area contributed by atoms with Crippen molar-refractivity contribution in [1.82, 2.24) is 0 Å². The first kappa shape index (κ1) is 19.0. The number of rotatable bonds is 3. The van der Waals surface area contributed by atoms with Crippen LogP contribution in [0.1, 0.15) is 21.5 Å². The van der Waals surface area contributed by atoms with E-state index in [1.54, 1.807) is 13.0 Å². The van der Waals surface area contributed by atoms with E-state index < -0.39 is 17.5 Å². The Balaban J connectivity index is 2.53. The molecule has 0 amide bonds. The molecule has 0 aliphatic rings. The standard InChI is InChI=1S/C17H10BrCl2F3O/c1-9-4-10(2-3-15(9)18)16(24)8-14(17(21,22)23)11-5-12(19)7-13(20)6-11/h2-8H,1H3/b14-8-. The lowest BCUT2D eigenvalue weighted by Gasteiger charge is -2.13. The summed E-state index contributed by atoms with van der Waals surface area (Å²) in [6.07, 6.45) is -4.17. The largest absolute Gasteiger partial charge is 0.417 e. The quantitative estimate of drug-likeness (QED) is 0.377. The van der Waals surface area contributed by atoms with Gasteiger partial charge in [0.25, 0.3) is 0 Å². The van der Waals surface area contributed by atoms with Crippen molar-refractivity contribution in [2.24, 2.45) is 0 Å². The molecule has 2 rings (SSSR count). The molecule has 0 atom stereocenters. The summed E-state index contributed by atoms with van der Waals surface area (Å²) in [6.45, 7) is 1.74. The smallest absolute Gasteiger partial charge is 0.289 e. The lowest BCUT2D eigenvalue weighted by atomic mass is 10.0. The average molecular weight is 438 g/mol. The number of hydrogen-bond acceptors (Lipinski definition) is 1. The molecule has 7 heteroatoms. The second-order valence-corrected chi connectivity index (χ2v) is 6.77. The Morgan fingerprint density at radius 1 is 1.04 bits per heavy atom. The van der Waals surface area contributed by atoms with Gasteiger partial charge in [0.1, 0.15) is 0 Å². The van der Waals surface area contributed by atoms with Crippen LogP contribution in [-0.4, -0.2) is 12.0 Å². The Labute approximate surface area is 155 Å². The van der Waals surface area contributed by atoms with Crippen LogP contribution in [0, 0.1) is 6.92 Å². The molecule has 0 saturated heterocycles. The van der Waals surface area contributed by atoms with Crippen LogP contribution in [0.25, 0.3) is 5.57 Å². The summed E-state index contributed by atoms with van der Waals surface area (Å²) in [7, 11) is 0. The van der Waals surface area contributed by atoms with E-state index in [0.29, 0.717) is 6.08 Å². The van der Waals surface area contributed by atoms with Crippen molar-refractivity contribution in [3.05, 3.63) is 73.7 Å². The molecular weight excluding hydrogens is 428 g/mol. The van der Waals surface area contributed by atoms with E-state index in [0.717, 1.165) is 22.2 Å². The number of carbonyl (C=O) groups is 1. The van der Waals surface area contributed by atoms with Crippen molar-refractivity contribution in [3.63, 3.8) is 0 Å². The summed E-state index contributed by atoms with van der Waals surface area (Å²) in [6, 6.07) is 8.14. The third kappa shape index (κ3) is 4.62. The second-order valence-electron chi connectivity index (χ2n) is 5.04. The van der Waals surface area contributed by atoms with Gasteiger partial charge in [-0.15, -0.1) is 0 Å². The Kier molecular flexibility index (Phi) is 5.78. The minimum Gasteiger partial charge on any atom is -0.289 e. The Morgan fingerprint density at radius 2 is 1.62 bits per heavy atom. The van der Waals surface area contributed by atoms with Crippen LogP contribution in [0.5, 0.6) is 0 Å². The maximum absolute atomic E-state index is 13.4. The molecule has 0 saturated carbocycles. The molecule has 0 unspecified atom stereocenters. The molecule has 0 heterocycles. The third-order valence-electron chi connectivity index (χ3n) is 3.20. The Bertz CT molecular complexity index is 809. The molecule has 0 radical (unpaired) electrons. The van der Waals surface area contributed by atoms with Crippen molar-refractivity contribution >= 4 is 50.5 Å². The first-order chi connectivity index (χ1) is 11.1. The van der Waals surface area contributed by atoms with Crippen molar-refractivity contribution in [2.45, 2.75) is 13.1 Å². The molecule has 0 N–H and O–H groups in total. The topological polar surface area (TPSA) is 17.1 Å². The van der Waals surface area contributed by atoms with Gasteiger partial charge in [-0.25, -0.2) is 0 Å². The zero-order chi connectivity index (χ0) is 18.1. The number of halogens is 6. The maximum Gasteiger partial charge on any atom is 0.417 e. The van der Waals surface area contributed by atoms with Gasteiger partial charge in [-0.3, -0.25) is 4.79 Å². The van der Waals surface area contributed by atoms with E-state index in [1.807, 2.05) is 0 Å². The fraction of sp³-hybridized carbons (Fsp3) is 0.118. The molecular formula is C17H10BrCl2F3O. The first-order valence-corrected chi connectivity index (χ1v) is 8.18. The molecule has 0 bridgehead atoms. The summed E-state index contributed by atoms with van der Waals surface area (Å²) >= 11 is 14.8. The second kappa shape index (κ2) is 7.30. The summed E-state index contributed by atoms with van der Waals surface area (Å²) in [5, 5.41) is 0.110. The lowest BCUT2D eigenvalue weighted by molar-refractivity contribution is -0.0689. The average Bonchev–Trinajstić information content (AvgIpc) is 2.45. The van der Waals surface area contributed by atoms with E-state index >= 15 is 0 Å². The minimum atomic E-state index is -4.73. The summed E-state index contributed by atoms with van der Waals surface area (Å²) in [4.78, 5) is 12.3. The van der Waals surface area contributed by atoms with Crippen LogP contribution in [0.3, 0.4) is 0 Å². The summed E-state index contributed by atoms with van der Waals surface area (Å²) in [5.41, 5.74) is -0.459. The van der Waals surface area contributed by atoms with Gasteiger partial charge in [0.15, 0.2) is 5.78 Å². The number of benzene rings is 2. The van der Waals surface area contributed by atoms with E-state index in [1.165, 1.54) is 18.2 Å². The SMILES string of the molecule is Cc1cc(C(=O)/C=C(/c2cc(Cl)cc(Cl)c2)C(F)(F)F)ccc1Br. The van der Waals surface area contributed by atoms with Crippen molar-refractivity contribution in [3.8, 4) is 0 Å². The highest BCUT2D eigenvalue weighted by Gasteiger charge is 2.35. The number of alkyl halides is 3. The van der Waals surface area contributed by atoms with Crippen molar-refractivity contribution < 1.29 is 18.0 Å². The first-order valence-electron chi connectivity index (χ1n) is 6.64. The van der Waals surface area contributed by atoms with E-state index in [4.69, 9.17) is 23.2 Å². The zero-order valence-electron chi connectivity index (χ0n) is 12.2. The van der Waals surface area contributed by atoms with Gasteiger partial charge in [-0.2, -0.15) is 13.2 Å². The van der Waals surface area contributed by atoms with Gasteiger partial charge in [-0.1, -0.05) is 39.1 Å².